The molecular formula is C19H23N3O2S. The average molecular weight is 357 g/mol. The van der Waals surface area contributed by atoms with E-state index in [0.29, 0.717) is 18.0 Å². The van der Waals surface area contributed by atoms with Crippen molar-refractivity contribution >= 4 is 23.2 Å². The number of benzene rings is 1. The highest BCUT2D eigenvalue weighted by atomic mass is 32.1. The second-order valence-electron chi connectivity index (χ2n) is 6.26. The summed E-state index contributed by atoms with van der Waals surface area (Å²) in [6.07, 6.45) is 0. The number of hydrogen-bond donors (Lipinski definition) is 1. The van der Waals surface area contributed by atoms with Gasteiger partial charge in [0.15, 0.2) is 0 Å². The standard InChI is InChI=1S/C19H23N3O2S/c1-15(20-18(23)17-8-5-13-25-17)19(24)22-11-9-21(10-12-22)14-16-6-3-2-4-7-16/h2-8,13,15H,9-12,14H2,1H3,(H,20,23). The van der Waals surface area contributed by atoms with Gasteiger partial charge in [0, 0.05) is 32.7 Å². The van der Waals surface area contributed by atoms with Crippen LogP contribution in [0.3, 0.4) is 0 Å². The molecule has 5 nitrogen and oxygen atoms in total. The molecule has 0 aliphatic carbocycles. The summed E-state index contributed by atoms with van der Waals surface area (Å²) in [5, 5.41) is 4.65. The van der Waals surface area contributed by atoms with Crippen molar-refractivity contribution in [3.63, 3.8) is 0 Å². The van der Waals surface area contributed by atoms with Crippen LogP contribution in [0.1, 0.15) is 22.2 Å². The molecule has 1 aliphatic rings. The first kappa shape index (κ1) is 17.6. The van der Waals surface area contributed by atoms with E-state index in [-0.39, 0.29) is 11.8 Å². The lowest BCUT2D eigenvalue weighted by molar-refractivity contribution is -0.134. The van der Waals surface area contributed by atoms with Crippen molar-refractivity contribution in [3.8, 4) is 0 Å². The zero-order valence-electron chi connectivity index (χ0n) is 14.4. The van der Waals surface area contributed by atoms with Crippen molar-refractivity contribution in [2.75, 3.05) is 26.2 Å². The molecule has 1 aromatic carbocycles. The smallest absolute Gasteiger partial charge is 0.261 e. The molecule has 1 unspecified atom stereocenters. The van der Waals surface area contributed by atoms with E-state index < -0.39 is 6.04 Å². The van der Waals surface area contributed by atoms with E-state index in [4.69, 9.17) is 0 Å². The Labute approximate surface area is 152 Å². The minimum atomic E-state index is -0.504. The van der Waals surface area contributed by atoms with Gasteiger partial charge in [-0.15, -0.1) is 11.3 Å². The Bertz CT molecular complexity index is 695. The van der Waals surface area contributed by atoms with Crippen LogP contribution in [-0.4, -0.2) is 53.8 Å². The molecule has 1 N–H and O–H groups in total. The normalized spacial score (nSPS) is 16.4. The molecular weight excluding hydrogens is 334 g/mol. The molecule has 3 rings (SSSR count). The molecule has 6 heteroatoms. The van der Waals surface area contributed by atoms with E-state index >= 15 is 0 Å². The van der Waals surface area contributed by atoms with E-state index in [1.165, 1.54) is 16.9 Å². The first-order valence-electron chi connectivity index (χ1n) is 8.53. The lowest BCUT2D eigenvalue weighted by atomic mass is 10.2. The van der Waals surface area contributed by atoms with Gasteiger partial charge in [-0.3, -0.25) is 14.5 Å². The van der Waals surface area contributed by atoms with Gasteiger partial charge in [-0.05, 0) is 23.9 Å². The van der Waals surface area contributed by atoms with Gasteiger partial charge >= 0.3 is 0 Å². The maximum Gasteiger partial charge on any atom is 0.261 e. The fourth-order valence-electron chi connectivity index (χ4n) is 2.98. The third-order valence-corrected chi connectivity index (χ3v) is 5.26. The molecule has 2 amide bonds. The van der Waals surface area contributed by atoms with E-state index in [1.807, 2.05) is 34.5 Å². The predicted octanol–water partition coefficient (Wildman–Crippen LogP) is 2.21. The summed E-state index contributed by atoms with van der Waals surface area (Å²) in [6, 6.07) is 13.5. The second-order valence-corrected chi connectivity index (χ2v) is 7.21. The molecule has 1 fully saturated rings. The molecule has 2 aromatic rings. The molecule has 25 heavy (non-hydrogen) atoms. The summed E-state index contributed by atoms with van der Waals surface area (Å²) < 4.78 is 0. The van der Waals surface area contributed by atoms with Gasteiger partial charge in [0.05, 0.1) is 4.88 Å². The van der Waals surface area contributed by atoms with E-state index in [0.717, 1.165) is 19.6 Å². The molecule has 132 valence electrons. The Morgan fingerprint density at radius 1 is 1.08 bits per heavy atom. The van der Waals surface area contributed by atoms with E-state index in [1.54, 1.807) is 13.0 Å². The number of rotatable bonds is 5. The SMILES string of the molecule is CC(NC(=O)c1cccs1)C(=O)N1CCN(Cc2ccccc2)CC1. The Kier molecular flexibility index (Phi) is 5.83. The Morgan fingerprint density at radius 2 is 1.80 bits per heavy atom. The summed E-state index contributed by atoms with van der Waals surface area (Å²) in [7, 11) is 0. The van der Waals surface area contributed by atoms with Crippen LogP contribution in [0.4, 0.5) is 0 Å². The lowest BCUT2D eigenvalue weighted by Gasteiger charge is -2.36. The van der Waals surface area contributed by atoms with E-state index in [9.17, 15) is 9.59 Å². The van der Waals surface area contributed by atoms with Gasteiger partial charge in [-0.25, -0.2) is 0 Å². The van der Waals surface area contributed by atoms with Crippen LogP contribution < -0.4 is 5.32 Å². The lowest BCUT2D eigenvalue weighted by Crippen LogP contribution is -2.53. The summed E-state index contributed by atoms with van der Waals surface area (Å²) >= 11 is 1.38. The van der Waals surface area contributed by atoms with Crippen LogP contribution in [0.5, 0.6) is 0 Å². The van der Waals surface area contributed by atoms with Gasteiger partial charge in [-0.1, -0.05) is 36.4 Å². The zero-order valence-corrected chi connectivity index (χ0v) is 15.2. The first-order valence-corrected chi connectivity index (χ1v) is 9.41. The maximum absolute atomic E-state index is 12.6. The Balaban J connectivity index is 1.47. The highest BCUT2D eigenvalue weighted by molar-refractivity contribution is 7.12. The quantitative estimate of drug-likeness (QED) is 0.893. The minimum Gasteiger partial charge on any atom is -0.340 e. The van der Waals surface area contributed by atoms with Crippen molar-refractivity contribution in [1.29, 1.82) is 0 Å². The van der Waals surface area contributed by atoms with Crippen LogP contribution in [0, 0.1) is 0 Å². The second kappa shape index (κ2) is 8.27. The molecule has 0 bridgehead atoms. The predicted molar refractivity (Wildman–Crippen MR) is 99.5 cm³/mol. The minimum absolute atomic E-state index is 0.00994. The number of hydrogen-bond acceptors (Lipinski definition) is 4. The molecule has 2 heterocycles. The Morgan fingerprint density at radius 3 is 2.44 bits per heavy atom. The molecule has 0 spiro atoms. The van der Waals surface area contributed by atoms with Crippen LogP contribution >= 0.6 is 11.3 Å². The van der Waals surface area contributed by atoms with Crippen molar-refractivity contribution in [2.45, 2.75) is 19.5 Å². The largest absolute Gasteiger partial charge is 0.340 e. The first-order chi connectivity index (χ1) is 12.1. The number of thiophene rings is 1. The average Bonchev–Trinajstić information content (AvgIpc) is 3.17. The Hall–Kier alpha value is -2.18. The van der Waals surface area contributed by atoms with Crippen molar-refractivity contribution in [3.05, 3.63) is 58.3 Å². The fraction of sp³-hybridized carbons (Fsp3) is 0.368. The van der Waals surface area contributed by atoms with Gasteiger partial charge in [0.1, 0.15) is 6.04 Å². The number of piperazine rings is 1. The fourth-order valence-corrected chi connectivity index (χ4v) is 3.61. The number of carbonyl (C=O) groups is 2. The highest BCUT2D eigenvalue weighted by Gasteiger charge is 2.26. The van der Waals surface area contributed by atoms with Crippen LogP contribution in [0.15, 0.2) is 47.8 Å². The number of carbonyl (C=O) groups excluding carboxylic acids is 2. The highest BCUT2D eigenvalue weighted by Crippen LogP contribution is 2.11. The van der Waals surface area contributed by atoms with Crippen molar-refractivity contribution in [1.82, 2.24) is 15.1 Å². The third-order valence-electron chi connectivity index (χ3n) is 4.40. The number of nitrogens with one attached hydrogen (secondary N) is 1. The van der Waals surface area contributed by atoms with Crippen molar-refractivity contribution < 1.29 is 9.59 Å². The number of amides is 2. The van der Waals surface area contributed by atoms with Gasteiger partial charge in [-0.2, -0.15) is 0 Å². The molecule has 0 radical (unpaired) electrons. The van der Waals surface area contributed by atoms with Gasteiger partial charge < -0.3 is 10.2 Å². The summed E-state index contributed by atoms with van der Waals surface area (Å²) in [6.45, 7) is 5.77. The van der Waals surface area contributed by atoms with Crippen LogP contribution in [-0.2, 0) is 11.3 Å². The molecule has 1 atom stereocenters. The maximum atomic E-state index is 12.6. The molecule has 1 aromatic heterocycles. The monoisotopic (exact) mass is 357 g/mol. The third kappa shape index (κ3) is 4.67. The van der Waals surface area contributed by atoms with E-state index in [2.05, 4.69) is 22.3 Å². The number of nitrogens with zero attached hydrogens (tertiary/aromatic N) is 2. The summed E-state index contributed by atoms with van der Waals surface area (Å²) in [5.74, 6) is -0.192. The molecule has 1 saturated heterocycles. The molecule has 0 saturated carbocycles. The van der Waals surface area contributed by atoms with Gasteiger partial charge in [0.2, 0.25) is 5.91 Å². The zero-order chi connectivity index (χ0) is 17.6. The van der Waals surface area contributed by atoms with Crippen LogP contribution in [0.2, 0.25) is 0 Å². The molecule has 1 aliphatic heterocycles. The summed E-state index contributed by atoms with van der Waals surface area (Å²) in [5.41, 5.74) is 1.29. The van der Waals surface area contributed by atoms with Gasteiger partial charge in [0.25, 0.3) is 5.91 Å². The van der Waals surface area contributed by atoms with Crippen LogP contribution in [0.25, 0.3) is 0 Å². The topological polar surface area (TPSA) is 52.7 Å². The van der Waals surface area contributed by atoms with Crippen molar-refractivity contribution in [2.24, 2.45) is 0 Å². The summed E-state index contributed by atoms with van der Waals surface area (Å²) in [4.78, 5) is 29.5.